The smallest absolute Gasteiger partial charge is 0.248 e. The molecule has 6 heteroatoms. The average Bonchev–Trinajstić information content (AvgIpc) is 2.90. The van der Waals surface area contributed by atoms with Gasteiger partial charge < -0.3 is 10.2 Å². The Morgan fingerprint density at radius 2 is 2.08 bits per heavy atom. The van der Waals surface area contributed by atoms with Crippen molar-refractivity contribution in [1.82, 2.24) is 14.7 Å². The van der Waals surface area contributed by atoms with Gasteiger partial charge in [0.05, 0.1) is 11.4 Å². The zero-order chi connectivity index (χ0) is 17.3. The van der Waals surface area contributed by atoms with Crippen LogP contribution in [0.3, 0.4) is 0 Å². The van der Waals surface area contributed by atoms with Crippen molar-refractivity contribution in [2.45, 2.75) is 39.2 Å². The van der Waals surface area contributed by atoms with Crippen LogP contribution in [-0.2, 0) is 9.59 Å². The van der Waals surface area contributed by atoms with E-state index in [0.29, 0.717) is 18.7 Å². The summed E-state index contributed by atoms with van der Waals surface area (Å²) in [5.41, 5.74) is 2.84. The molecule has 2 amide bonds. The van der Waals surface area contributed by atoms with E-state index in [4.69, 9.17) is 0 Å². The molecule has 1 fully saturated rings. The molecular weight excluding hydrogens is 304 g/mol. The van der Waals surface area contributed by atoms with Crippen LogP contribution in [0, 0.1) is 13.8 Å². The number of rotatable bonds is 3. The van der Waals surface area contributed by atoms with E-state index in [1.54, 1.807) is 16.6 Å². The van der Waals surface area contributed by atoms with Gasteiger partial charge >= 0.3 is 0 Å². The molecule has 1 aromatic heterocycles. The second-order valence-corrected chi connectivity index (χ2v) is 6.32. The van der Waals surface area contributed by atoms with Crippen LogP contribution >= 0.6 is 0 Å². The highest BCUT2D eigenvalue weighted by Crippen LogP contribution is 2.21. The van der Waals surface area contributed by atoms with E-state index in [0.717, 1.165) is 23.4 Å². The van der Waals surface area contributed by atoms with Crippen LogP contribution in [0.2, 0.25) is 0 Å². The molecule has 1 aromatic carbocycles. The van der Waals surface area contributed by atoms with Crippen LogP contribution in [0.25, 0.3) is 5.69 Å². The molecule has 0 aliphatic carbocycles. The Hall–Kier alpha value is -2.63. The van der Waals surface area contributed by atoms with Crippen molar-refractivity contribution in [3.8, 4) is 5.69 Å². The van der Waals surface area contributed by atoms with Crippen molar-refractivity contribution in [2.24, 2.45) is 0 Å². The van der Waals surface area contributed by atoms with Crippen molar-refractivity contribution in [3.05, 3.63) is 41.6 Å². The molecule has 6 nitrogen and oxygen atoms in total. The number of aryl methyl sites for hydroxylation is 2. The van der Waals surface area contributed by atoms with E-state index in [1.807, 2.05) is 44.2 Å². The third kappa shape index (κ3) is 3.18. The standard InChI is InChI=1S/C18H22N4O2/c1-12-6-4-7-14(10-12)22-16(11-13(2)20-22)19-18(24)15-8-5-9-17(23)21(15)3/h4,6-7,10-11,15H,5,8-9H2,1-3H3,(H,19,24). The lowest BCUT2D eigenvalue weighted by Gasteiger charge is -2.31. The fraction of sp³-hybridized carbons (Fsp3) is 0.389. The van der Waals surface area contributed by atoms with E-state index in [1.165, 1.54) is 0 Å². The molecule has 2 aromatic rings. The predicted octanol–water partition coefficient (Wildman–Crippen LogP) is 2.44. The van der Waals surface area contributed by atoms with E-state index in [2.05, 4.69) is 10.4 Å². The molecule has 2 heterocycles. The van der Waals surface area contributed by atoms with Gasteiger partial charge in [0.2, 0.25) is 11.8 Å². The highest BCUT2D eigenvalue weighted by molar-refractivity contribution is 5.97. The third-order valence-electron chi connectivity index (χ3n) is 4.36. The normalized spacial score (nSPS) is 17.9. The van der Waals surface area contributed by atoms with Gasteiger partial charge in [-0.15, -0.1) is 0 Å². The number of hydrogen-bond donors (Lipinski definition) is 1. The van der Waals surface area contributed by atoms with Crippen LogP contribution in [0.5, 0.6) is 0 Å². The van der Waals surface area contributed by atoms with Gasteiger partial charge in [0.25, 0.3) is 0 Å². The molecule has 0 bridgehead atoms. The van der Waals surface area contributed by atoms with Gasteiger partial charge in [-0.3, -0.25) is 9.59 Å². The highest BCUT2D eigenvalue weighted by Gasteiger charge is 2.31. The summed E-state index contributed by atoms with van der Waals surface area (Å²) in [7, 11) is 1.69. The minimum absolute atomic E-state index is 0.0183. The first-order valence-electron chi connectivity index (χ1n) is 8.16. The molecule has 1 atom stereocenters. The molecule has 126 valence electrons. The molecule has 1 N–H and O–H groups in total. The lowest BCUT2D eigenvalue weighted by atomic mass is 10.0. The Labute approximate surface area is 141 Å². The number of nitrogens with zero attached hydrogens (tertiary/aromatic N) is 3. The van der Waals surface area contributed by atoms with Gasteiger partial charge in [-0.05, 0) is 44.4 Å². The summed E-state index contributed by atoms with van der Waals surface area (Å²) < 4.78 is 1.73. The zero-order valence-corrected chi connectivity index (χ0v) is 14.2. The number of likely N-dealkylation sites (tertiary alicyclic amines) is 1. The maximum Gasteiger partial charge on any atom is 0.248 e. The molecule has 24 heavy (non-hydrogen) atoms. The number of likely N-dealkylation sites (N-methyl/N-ethyl adjacent to an activating group) is 1. The lowest BCUT2D eigenvalue weighted by Crippen LogP contribution is -2.47. The topological polar surface area (TPSA) is 67.2 Å². The number of carbonyl (C=O) groups excluding carboxylic acids is 2. The summed E-state index contributed by atoms with van der Waals surface area (Å²) >= 11 is 0. The maximum absolute atomic E-state index is 12.6. The van der Waals surface area contributed by atoms with E-state index < -0.39 is 6.04 Å². The van der Waals surface area contributed by atoms with E-state index >= 15 is 0 Å². The molecule has 0 spiro atoms. The fourth-order valence-electron chi connectivity index (χ4n) is 3.05. The van der Waals surface area contributed by atoms with Gasteiger partial charge in [-0.25, -0.2) is 4.68 Å². The number of benzene rings is 1. The molecule has 1 unspecified atom stereocenters. The van der Waals surface area contributed by atoms with Gasteiger partial charge in [0, 0.05) is 19.5 Å². The second kappa shape index (κ2) is 6.47. The SMILES string of the molecule is Cc1cccc(-n2nc(C)cc2NC(=O)C2CCCC(=O)N2C)c1. The molecule has 0 saturated carbocycles. The Bertz CT molecular complexity index is 781. The molecule has 1 saturated heterocycles. The maximum atomic E-state index is 12.6. The number of hydrogen-bond acceptors (Lipinski definition) is 3. The molecular formula is C18H22N4O2. The van der Waals surface area contributed by atoms with Crippen LogP contribution in [-0.4, -0.2) is 39.6 Å². The van der Waals surface area contributed by atoms with E-state index in [9.17, 15) is 9.59 Å². The Balaban J connectivity index is 1.85. The number of anilines is 1. The van der Waals surface area contributed by atoms with E-state index in [-0.39, 0.29) is 11.8 Å². The van der Waals surface area contributed by atoms with Crippen LogP contribution in [0.4, 0.5) is 5.82 Å². The predicted molar refractivity (Wildman–Crippen MR) is 92.1 cm³/mol. The number of aromatic nitrogens is 2. The lowest BCUT2D eigenvalue weighted by molar-refractivity contribution is -0.140. The van der Waals surface area contributed by atoms with Crippen LogP contribution < -0.4 is 5.32 Å². The van der Waals surface area contributed by atoms with Crippen molar-refractivity contribution >= 4 is 17.6 Å². The molecule has 0 radical (unpaired) electrons. The van der Waals surface area contributed by atoms with Gasteiger partial charge in [-0.1, -0.05) is 12.1 Å². The van der Waals surface area contributed by atoms with Crippen LogP contribution in [0.15, 0.2) is 30.3 Å². The first kappa shape index (κ1) is 16.2. The number of piperidine rings is 1. The molecule has 1 aliphatic rings. The summed E-state index contributed by atoms with van der Waals surface area (Å²) in [5, 5.41) is 7.41. The number of carbonyl (C=O) groups is 2. The minimum Gasteiger partial charge on any atom is -0.334 e. The quantitative estimate of drug-likeness (QED) is 0.942. The Kier molecular flexibility index (Phi) is 4.38. The fourth-order valence-corrected chi connectivity index (χ4v) is 3.05. The zero-order valence-electron chi connectivity index (χ0n) is 14.2. The average molecular weight is 326 g/mol. The second-order valence-electron chi connectivity index (χ2n) is 6.32. The van der Waals surface area contributed by atoms with Gasteiger partial charge in [-0.2, -0.15) is 5.10 Å². The summed E-state index contributed by atoms with van der Waals surface area (Å²) in [6.07, 6.45) is 1.95. The summed E-state index contributed by atoms with van der Waals surface area (Å²) in [6, 6.07) is 9.35. The number of nitrogens with one attached hydrogen (secondary N) is 1. The van der Waals surface area contributed by atoms with Gasteiger partial charge in [0.1, 0.15) is 11.9 Å². The first-order chi connectivity index (χ1) is 11.5. The number of amides is 2. The summed E-state index contributed by atoms with van der Waals surface area (Å²) in [4.78, 5) is 26.0. The Morgan fingerprint density at radius 3 is 2.83 bits per heavy atom. The highest BCUT2D eigenvalue weighted by atomic mass is 16.2. The summed E-state index contributed by atoms with van der Waals surface area (Å²) in [6.45, 7) is 3.90. The van der Waals surface area contributed by atoms with Gasteiger partial charge in [0.15, 0.2) is 0 Å². The summed E-state index contributed by atoms with van der Waals surface area (Å²) in [5.74, 6) is 0.471. The van der Waals surface area contributed by atoms with Crippen molar-refractivity contribution in [2.75, 3.05) is 12.4 Å². The molecule has 1 aliphatic heterocycles. The van der Waals surface area contributed by atoms with Crippen LogP contribution in [0.1, 0.15) is 30.5 Å². The van der Waals surface area contributed by atoms with Crippen molar-refractivity contribution in [1.29, 1.82) is 0 Å². The minimum atomic E-state index is -0.424. The molecule has 3 rings (SSSR count). The Morgan fingerprint density at radius 1 is 1.29 bits per heavy atom. The largest absolute Gasteiger partial charge is 0.334 e. The first-order valence-corrected chi connectivity index (χ1v) is 8.16. The van der Waals surface area contributed by atoms with Crippen molar-refractivity contribution in [3.63, 3.8) is 0 Å². The van der Waals surface area contributed by atoms with Crippen molar-refractivity contribution < 1.29 is 9.59 Å². The monoisotopic (exact) mass is 326 g/mol. The third-order valence-corrected chi connectivity index (χ3v) is 4.36.